The molecule has 1 heterocycles. The Labute approximate surface area is 108 Å². The topological polar surface area (TPSA) is 131 Å². The number of carbonyl (C=O) groups is 1. The molecule has 0 bridgehead atoms. The third kappa shape index (κ3) is 2.72. The maximum absolute atomic E-state index is 10.8. The van der Waals surface area contributed by atoms with Crippen molar-refractivity contribution in [2.45, 2.75) is 31.2 Å². The van der Waals surface area contributed by atoms with Crippen molar-refractivity contribution in [3.05, 3.63) is 22.2 Å². The summed E-state index contributed by atoms with van der Waals surface area (Å²) < 4.78 is 0. The number of carboxylic acids is 1. The van der Waals surface area contributed by atoms with E-state index in [0.29, 0.717) is 5.82 Å². The number of nitrogens with one attached hydrogen (secondary N) is 1. The van der Waals surface area contributed by atoms with Gasteiger partial charge in [-0.15, -0.1) is 0 Å². The third-order valence-electron chi connectivity index (χ3n) is 3.29. The summed E-state index contributed by atoms with van der Waals surface area (Å²) in [7, 11) is 0. The first-order valence-electron chi connectivity index (χ1n) is 5.83. The van der Waals surface area contributed by atoms with Gasteiger partial charge in [-0.1, -0.05) is 0 Å². The van der Waals surface area contributed by atoms with Crippen LogP contribution in [0, 0.1) is 10.1 Å². The minimum Gasteiger partial charge on any atom is -0.481 e. The Bertz CT molecular complexity index is 527. The van der Waals surface area contributed by atoms with Crippen molar-refractivity contribution in [2.24, 2.45) is 0 Å². The molecule has 1 aromatic rings. The number of hydrogen-bond acceptors (Lipinski definition) is 6. The molecule has 19 heavy (non-hydrogen) atoms. The van der Waals surface area contributed by atoms with Crippen LogP contribution in [-0.2, 0) is 4.79 Å². The number of nitrogens with zero attached hydrogens (tertiary/aromatic N) is 2. The normalized spacial score (nSPS) is 16.4. The Morgan fingerprint density at radius 2 is 2.26 bits per heavy atom. The molecule has 0 aromatic carbocycles. The summed E-state index contributed by atoms with van der Waals surface area (Å²) in [5.41, 5.74) is 4.72. The van der Waals surface area contributed by atoms with Crippen molar-refractivity contribution in [1.82, 2.24) is 4.98 Å². The van der Waals surface area contributed by atoms with Gasteiger partial charge in [0.25, 0.3) is 0 Å². The van der Waals surface area contributed by atoms with Crippen LogP contribution >= 0.6 is 0 Å². The van der Waals surface area contributed by atoms with E-state index < -0.39 is 16.4 Å². The fraction of sp³-hybridized carbons (Fsp3) is 0.455. The van der Waals surface area contributed by atoms with Gasteiger partial charge in [0, 0.05) is 11.6 Å². The number of nitrogen functional groups attached to an aromatic ring is 1. The predicted molar refractivity (Wildman–Crippen MR) is 67.8 cm³/mol. The Hall–Kier alpha value is -2.38. The molecule has 1 aliphatic carbocycles. The van der Waals surface area contributed by atoms with Crippen LogP contribution in [-0.4, -0.2) is 26.5 Å². The van der Waals surface area contributed by atoms with Crippen molar-refractivity contribution in [3.8, 4) is 0 Å². The molecule has 8 heteroatoms. The molecule has 102 valence electrons. The van der Waals surface area contributed by atoms with Gasteiger partial charge < -0.3 is 16.2 Å². The molecule has 0 saturated heterocycles. The highest BCUT2D eigenvalue weighted by Crippen LogP contribution is 2.38. The van der Waals surface area contributed by atoms with Crippen molar-refractivity contribution in [2.75, 3.05) is 11.1 Å². The molecule has 0 unspecified atom stereocenters. The van der Waals surface area contributed by atoms with Gasteiger partial charge in [0.15, 0.2) is 0 Å². The van der Waals surface area contributed by atoms with E-state index in [1.54, 1.807) is 0 Å². The first-order valence-corrected chi connectivity index (χ1v) is 5.83. The summed E-state index contributed by atoms with van der Waals surface area (Å²) in [6.07, 6.45) is 2.41. The standard InChI is InChI=1S/C11H14N4O4/c12-10-7(15(18)19)2-3-8(13-10)14-11(4-1-5-11)6-9(16)17/h2-3H,1,4-6H2,(H,16,17)(H3,12,13,14). The average Bonchev–Trinajstić information content (AvgIpc) is 2.25. The molecule has 8 nitrogen and oxygen atoms in total. The lowest BCUT2D eigenvalue weighted by atomic mass is 9.74. The summed E-state index contributed by atoms with van der Waals surface area (Å²) in [5.74, 6) is -0.703. The van der Waals surface area contributed by atoms with Crippen molar-refractivity contribution in [1.29, 1.82) is 0 Å². The van der Waals surface area contributed by atoms with Crippen LogP contribution in [0.25, 0.3) is 0 Å². The Balaban J connectivity index is 2.17. The lowest BCUT2D eigenvalue weighted by Crippen LogP contribution is -2.47. The van der Waals surface area contributed by atoms with Crippen molar-refractivity contribution < 1.29 is 14.8 Å². The first kappa shape index (κ1) is 13.1. The summed E-state index contributed by atoms with van der Waals surface area (Å²) in [5, 5.41) is 22.5. The van der Waals surface area contributed by atoms with Gasteiger partial charge >= 0.3 is 11.7 Å². The number of aromatic nitrogens is 1. The minimum absolute atomic E-state index is 0.00836. The third-order valence-corrected chi connectivity index (χ3v) is 3.29. The number of rotatable bonds is 5. The zero-order valence-corrected chi connectivity index (χ0v) is 10.1. The monoisotopic (exact) mass is 266 g/mol. The van der Waals surface area contributed by atoms with Crippen LogP contribution in [0.2, 0.25) is 0 Å². The number of nitrogens with two attached hydrogens (primary N) is 1. The molecule has 0 spiro atoms. The zero-order valence-electron chi connectivity index (χ0n) is 10.1. The molecule has 1 saturated carbocycles. The van der Waals surface area contributed by atoms with Crippen LogP contribution in [0.15, 0.2) is 12.1 Å². The van der Waals surface area contributed by atoms with Gasteiger partial charge in [-0.05, 0) is 25.3 Å². The number of hydrogen-bond donors (Lipinski definition) is 3. The Kier molecular flexibility index (Phi) is 3.24. The summed E-state index contributed by atoms with van der Waals surface area (Å²) in [6, 6.07) is 2.70. The van der Waals surface area contributed by atoms with E-state index in [4.69, 9.17) is 10.8 Å². The Morgan fingerprint density at radius 3 is 2.68 bits per heavy atom. The second-order valence-electron chi connectivity index (χ2n) is 4.69. The molecule has 0 amide bonds. The average molecular weight is 266 g/mol. The fourth-order valence-corrected chi connectivity index (χ4v) is 2.20. The first-order chi connectivity index (χ1) is 8.92. The number of carboxylic acid groups (broad SMARTS) is 1. The van der Waals surface area contributed by atoms with E-state index >= 15 is 0 Å². The molecular weight excluding hydrogens is 252 g/mol. The van der Waals surface area contributed by atoms with E-state index in [1.807, 2.05) is 0 Å². The van der Waals surface area contributed by atoms with Crippen LogP contribution in [0.5, 0.6) is 0 Å². The van der Waals surface area contributed by atoms with Gasteiger partial charge in [0.1, 0.15) is 5.82 Å². The van der Waals surface area contributed by atoms with E-state index in [-0.39, 0.29) is 17.9 Å². The lowest BCUT2D eigenvalue weighted by Gasteiger charge is -2.41. The van der Waals surface area contributed by atoms with E-state index in [2.05, 4.69) is 10.3 Å². The quantitative estimate of drug-likeness (QED) is 0.541. The number of aliphatic carboxylic acids is 1. The van der Waals surface area contributed by atoms with Crippen LogP contribution in [0.3, 0.4) is 0 Å². The number of anilines is 2. The van der Waals surface area contributed by atoms with Gasteiger partial charge in [-0.2, -0.15) is 0 Å². The Morgan fingerprint density at radius 1 is 1.58 bits per heavy atom. The molecule has 0 aliphatic heterocycles. The highest BCUT2D eigenvalue weighted by molar-refractivity contribution is 5.70. The largest absolute Gasteiger partial charge is 0.481 e. The number of nitro groups is 1. The molecular formula is C11H14N4O4. The van der Waals surface area contributed by atoms with Crippen LogP contribution in [0.1, 0.15) is 25.7 Å². The molecule has 4 N–H and O–H groups in total. The molecule has 1 fully saturated rings. The molecule has 2 rings (SSSR count). The molecule has 0 atom stereocenters. The van der Waals surface area contributed by atoms with Gasteiger partial charge in [-0.3, -0.25) is 14.9 Å². The van der Waals surface area contributed by atoms with Gasteiger partial charge in [-0.25, -0.2) is 4.98 Å². The van der Waals surface area contributed by atoms with Gasteiger partial charge in [0.05, 0.1) is 11.3 Å². The maximum atomic E-state index is 10.8. The molecule has 1 aliphatic rings. The number of pyridine rings is 1. The van der Waals surface area contributed by atoms with Crippen molar-refractivity contribution >= 4 is 23.3 Å². The highest BCUT2D eigenvalue weighted by Gasteiger charge is 2.39. The van der Waals surface area contributed by atoms with Crippen LogP contribution in [0.4, 0.5) is 17.3 Å². The highest BCUT2D eigenvalue weighted by atomic mass is 16.6. The van der Waals surface area contributed by atoms with E-state index in [0.717, 1.165) is 19.3 Å². The smallest absolute Gasteiger partial charge is 0.311 e. The van der Waals surface area contributed by atoms with E-state index in [1.165, 1.54) is 12.1 Å². The van der Waals surface area contributed by atoms with Crippen LogP contribution < -0.4 is 11.1 Å². The van der Waals surface area contributed by atoms with Crippen molar-refractivity contribution in [3.63, 3.8) is 0 Å². The lowest BCUT2D eigenvalue weighted by molar-refractivity contribution is -0.384. The maximum Gasteiger partial charge on any atom is 0.311 e. The summed E-state index contributed by atoms with van der Waals surface area (Å²) >= 11 is 0. The molecule has 0 radical (unpaired) electrons. The summed E-state index contributed by atoms with van der Waals surface area (Å²) in [4.78, 5) is 24.7. The zero-order chi connectivity index (χ0) is 14.0. The summed E-state index contributed by atoms with van der Waals surface area (Å²) in [6.45, 7) is 0. The minimum atomic E-state index is -0.887. The predicted octanol–water partition coefficient (Wildman–Crippen LogP) is 1.38. The fourth-order valence-electron chi connectivity index (χ4n) is 2.20. The van der Waals surface area contributed by atoms with Gasteiger partial charge in [0.2, 0.25) is 5.82 Å². The second kappa shape index (κ2) is 4.71. The second-order valence-corrected chi connectivity index (χ2v) is 4.69. The molecule has 1 aromatic heterocycles. The van der Waals surface area contributed by atoms with E-state index in [9.17, 15) is 14.9 Å². The SMILES string of the molecule is Nc1nc(NC2(CC(=O)O)CCC2)ccc1[N+](=O)[O-].